The van der Waals surface area contributed by atoms with Gasteiger partial charge < -0.3 is 27.3 Å². The molecule has 0 aromatic rings. The van der Waals surface area contributed by atoms with Crippen LogP contribution in [0.3, 0.4) is 0 Å². The smallest absolute Gasteiger partial charge is 0.784 e. The summed E-state index contributed by atoms with van der Waals surface area (Å²) in [7, 11) is 0. The third kappa shape index (κ3) is 376. The zero-order valence-corrected chi connectivity index (χ0v) is 18.5. The Bertz CT molecular complexity index is 124. The third-order valence-electron chi connectivity index (χ3n) is 0. The molecule has 0 fully saturated rings. The molecule has 0 aromatic carbocycles. The van der Waals surface area contributed by atoms with Gasteiger partial charge in [0.05, 0.1) is 0 Å². The van der Waals surface area contributed by atoms with E-state index in [0.717, 1.165) is 0 Å². The molecule has 16 heavy (non-hydrogen) atoms. The monoisotopic (exact) mass is 676 g/mol. The van der Waals surface area contributed by atoms with E-state index in [1.807, 2.05) is 0 Å². The van der Waals surface area contributed by atoms with Crippen LogP contribution in [0, 0.1) is 0 Å². The van der Waals surface area contributed by atoms with Crippen LogP contribution in [-0.4, -0.2) is 39.9 Å². The van der Waals surface area contributed by atoms with Crippen molar-refractivity contribution in [2.75, 3.05) is 0 Å². The molecule has 16 heteroatoms. The molecule has 0 atom stereocenters. The van der Waals surface area contributed by atoms with Crippen LogP contribution in [0.25, 0.3) is 0 Å². The van der Waals surface area contributed by atoms with Crippen LogP contribution >= 0.6 is 0 Å². The molecular formula is Na2O9Pt2S3. The van der Waals surface area contributed by atoms with E-state index < -0.39 is 34.1 Å². The molecule has 94 valence electrons. The topological polar surface area (TPSA) is 190 Å². The van der Waals surface area contributed by atoms with E-state index in [1.54, 1.807) is 0 Å². The summed E-state index contributed by atoms with van der Waals surface area (Å²) in [5, 5.41) is 0. The van der Waals surface area contributed by atoms with E-state index in [4.69, 9.17) is 39.9 Å². The van der Waals surface area contributed by atoms with Gasteiger partial charge in [0.15, 0.2) is 0 Å². The summed E-state index contributed by atoms with van der Waals surface area (Å²) in [5.41, 5.74) is 0. The summed E-state index contributed by atoms with van der Waals surface area (Å²) in [6, 6.07) is 0. The van der Waals surface area contributed by atoms with Crippen molar-refractivity contribution in [3.05, 3.63) is 0 Å². The quantitative estimate of drug-likeness (QED) is 0.177. The molecule has 0 aromatic heterocycles. The number of rotatable bonds is 0. The molecule has 0 bridgehead atoms. The van der Waals surface area contributed by atoms with Crippen molar-refractivity contribution in [2.45, 2.75) is 0 Å². The van der Waals surface area contributed by atoms with Gasteiger partial charge in [-0.25, -0.2) is 0 Å². The van der Waals surface area contributed by atoms with E-state index in [-0.39, 0.29) is 101 Å². The maximum atomic E-state index is 8.44. The number of hydrogen-bond donors (Lipinski definition) is 0. The molecule has 0 heterocycles. The first-order valence-corrected chi connectivity index (χ1v) is 4.50. The Kier molecular flexibility index (Phi) is 96.9. The van der Waals surface area contributed by atoms with Gasteiger partial charge in [-0.2, -0.15) is 0 Å². The standard InChI is InChI=1S/2Na.3H2O3S.2Pt/c;;3*1-4(2)3;;/h;;3*(H2,1,2,3);;/q2*+1;;;;2*+2/p-6. The molecule has 0 aliphatic carbocycles. The van der Waals surface area contributed by atoms with E-state index in [1.165, 1.54) is 0 Å². The van der Waals surface area contributed by atoms with Crippen molar-refractivity contribution < 1.29 is 141 Å². The van der Waals surface area contributed by atoms with Gasteiger partial charge in [0.25, 0.3) is 0 Å². The minimum atomic E-state index is -3.11. The molecule has 0 N–H and O–H groups in total. The molecule has 0 aliphatic heterocycles. The molecule has 0 radical (unpaired) electrons. The van der Waals surface area contributed by atoms with Gasteiger partial charge >= 0.3 is 101 Å². The molecule has 0 rings (SSSR count). The molecule has 9 nitrogen and oxygen atoms in total. The fraction of sp³-hybridized carbons (Fsp3) is 0. The Hall–Kier alpha value is 3.59. The van der Waals surface area contributed by atoms with Gasteiger partial charge in [0.2, 0.25) is 0 Å². The molecular weight excluding hydrogens is 676 g/mol. The van der Waals surface area contributed by atoms with Crippen molar-refractivity contribution in [3.63, 3.8) is 0 Å². The van der Waals surface area contributed by atoms with E-state index in [2.05, 4.69) is 0 Å². The van der Waals surface area contributed by atoms with Crippen LogP contribution in [0.5, 0.6) is 0 Å². The van der Waals surface area contributed by atoms with Crippen LogP contribution in [0.4, 0.5) is 0 Å². The van der Waals surface area contributed by atoms with Crippen molar-refractivity contribution in [3.8, 4) is 0 Å². The SMILES string of the molecule is O=S([O-])[O-].O=S([O-])[O-].O=S([O-])[O-].[Na+].[Na+].[Pt+2].[Pt+2]. The zero-order chi connectivity index (χ0) is 10.7. The molecule has 0 amide bonds. The second-order valence-corrected chi connectivity index (χ2v) is 1.84. The number of hydrogen-bond acceptors (Lipinski definition) is 9. The van der Waals surface area contributed by atoms with Crippen molar-refractivity contribution in [1.82, 2.24) is 0 Å². The van der Waals surface area contributed by atoms with Gasteiger partial charge in [-0.3, -0.25) is 12.6 Å². The first-order valence-electron chi connectivity index (χ1n) is 1.50. The van der Waals surface area contributed by atoms with Crippen molar-refractivity contribution in [2.24, 2.45) is 0 Å². The minimum absolute atomic E-state index is 0. The maximum absolute atomic E-state index is 8.44. The van der Waals surface area contributed by atoms with E-state index in [9.17, 15) is 0 Å². The van der Waals surface area contributed by atoms with Crippen molar-refractivity contribution >= 4 is 34.1 Å². The van der Waals surface area contributed by atoms with Gasteiger partial charge in [-0.1, -0.05) is 0 Å². The summed E-state index contributed by atoms with van der Waals surface area (Å²) in [5.74, 6) is 0. The largest absolute Gasteiger partial charge is 2.00 e. The van der Waals surface area contributed by atoms with Crippen LogP contribution in [0.2, 0.25) is 0 Å². The van der Waals surface area contributed by atoms with Crippen molar-refractivity contribution in [1.29, 1.82) is 0 Å². The van der Waals surface area contributed by atoms with E-state index >= 15 is 0 Å². The van der Waals surface area contributed by atoms with Gasteiger partial charge in [0, 0.05) is 0 Å². The predicted molar refractivity (Wildman–Crippen MR) is 29.1 cm³/mol. The summed E-state index contributed by atoms with van der Waals surface area (Å²) >= 11 is -9.33. The average Bonchev–Trinajstić information content (AvgIpc) is 1.54. The average molecular weight is 676 g/mol. The molecule has 0 saturated carbocycles. The Morgan fingerprint density at radius 3 is 0.500 bits per heavy atom. The Morgan fingerprint density at radius 2 is 0.500 bits per heavy atom. The molecule has 0 unspecified atom stereocenters. The van der Waals surface area contributed by atoms with E-state index in [0.29, 0.717) is 0 Å². The fourth-order valence-electron chi connectivity index (χ4n) is 0. The summed E-state index contributed by atoms with van der Waals surface area (Å²) in [6.45, 7) is 0. The Labute approximate surface area is 172 Å². The molecule has 0 aliphatic rings. The normalized spacial score (nSPS) is 6.56. The zero-order valence-electron chi connectivity index (χ0n) is 7.53. The summed E-state index contributed by atoms with van der Waals surface area (Å²) in [6.07, 6.45) is 0. The van der Waals surface area contributed by atoms with Crippen LogP contribution in [0.1, 0.15) is 0 Å². The van der Waals surface area contributed by atoms with Gasteiger partial charge in [-0.05, 0) is 0 Å². The fourth-order valence-corrected chi connectivity index (χ4v) is 0. The van der Waals surface area contributed by atoms with Gasteiger partial charge in [-0.15, -0.1) is 34.1 Å². The summed E-state index contributed by atoms with van der Waals surface area (Å²) in [4.78, 5) is 0. The van der Waals surface area contributed by atoms with Crippen LogP contribution in [-0.2, 0) is 76.2 Å². The van der Waals surface area contributed by atoms with Crippen LogP contribution in [0.15, 0.2) is 0 Å². The third-order valence-corrected chi connectivity index (χ3v) is 0. The summed E-state index contributed by atoms with van der Waals surface area (Å²) < 4.78 is 76.0. The minimum Gasteiger partial charge on any atom is -0.784 e. The predicted octanol–water partition coefficient (Wildman–Crippen LogP) is -9.01. The second-order valence-electron chi connectivity index (χ2n) is 0.612. The maximum Gasteiger partial charge on any atom is 2.00 e. The molecule has 0 spiro atoms. The molecule has 0 saturated heterocycles. The first-order chi connectivity index (χ1) is 5.20. The Morgan fingerprint density at radius 1 is 0.500 bits per heavy atom. The second kappa shape index (κ2) is 36.3. The van der Waals surface area contributed by atoms with Gasteiger partial charge in [0.1, 0.15) is 0 Å². The Balaban J connectivity index is -0.0000000135. The van der Waals surface area contributed by atoms with Crippen LogP contribution < -0.4 is 59.1 Å². The first kappa shape index (κ1) is 42.7.